The lowest BCUT2D eigenvalue weighted by Crippen LogP contribution is -2.44. The Morgan fingerprint density at radius 2 is 1.81 bits per heavy atom. The number of aromatic nitrogens is 1. The standard InChI is InChI=1S/C23H24ClN3O3S/c1-2-27(20-10-5-8-17-7-3-4-9-19(17)20)23(28)18-12-15-26(16-13-18)31(29,30)21-11-6-14-25-22(21)24/h3-11,14,18H,2,12-13,15-16H2,1H3. The van der Waals surface area contributed by atoms with Crippen LogP contribution in [0.5, 0.6) is 0 Å². The van der Waals surface area contributed by atoms with E-state index in [0.29, 0.717) is 19.4 Å². The van der Waals surface area contributed by atoms with Crippen LogP contribution in [-0.4, -0.2) is 43.2 Å². The van der Waals surface area contributed by atoms with E-state index in [1.54, 1.807) is 6.07 Å². The summed E-state index contributed by atoms with van der Waals surface area (Å²) in [6.07, 6.45) is 2.40. The second kappa shape index (κ2) is 8.94. The summed E-state index contributed by atoms with van der Waals surface area (Å²) >= 11 is 6.01. The number of anilines is 1. The molecular weight excluding hydrogens is 434 g/mol. The number of rotatable bonds is 5. The number of fused-ring (bicyclic) bond motifs is 1. The molecule has 0 aliphatic carbocycles. The van der Waals surface area contributed by atoms with E-state index in [2.05, 4.69) is 4.98 Å². The van der Waals surface area contributed by atoms with Gasteiger partial charge in [0.05, 0.1) is 5.69 Å². The van der Waals surface area contributed by atoms with Crippen LogP contribution in [0.3, 0.4) is 0 Å². The minimum absolute atomic E-state index is 0.00684. The van der Waals surface area contributed by atoms with Crippen molar-refractivity contribution in [3.05, 3.63) is 65.9 Å². The van der Waals surface area contributed by atoms with Crippen molar-refractivity contribution in [1.29, 1.82) is 0 Å². The highest BCUT2D eigenvalue weighted by Gasteiger charge is 2.35. The number of hydrogen-bond acceptors (Lipinski definition) is 4. The summed E-state index contributed by atoms with van der Waals surface area (Å²) in [6, 6.07) is 17.0. The van der Waals surface area contributed by atoms with Crippen LogP contribution in [0, 0.1) is 5.92 Å². The molecule has 1 saturated heterocycles. The Balaban J connectivity index is 1.52. The molecule has 4 rings (SSSR count). The zero-order chi connectivity index (χ0) is 22.0. The molecule has 162 valence electrons. The van der Waals surface area contributed by atoms with E-state index in [0.717, 1.165) is 16.5 Å². The number of carbonyl (C=O) groups excluding carboxylic acids is 1. The average molecular weight is 458 g/mol. The van der Waals surface area contributed by atoms with Crippen molar-refractivity contribution in [3.63, 3.8) is 0 Å². The molecule has 1 fully saturated rings. The number of nitrogens with zero attached hydrogens (tertiary/aromatic N) is 3. The van der Waals surface area contributed by atoms with Crippen molar-refractivity contribution in [1.82, 2.24) is 9.29 Å². The molecule has 0 atom stereocenters. The van der Waals surface area contributed by atoms with Crippen molar-refractivity contribution in [3.8, 4) is 0 Å². The Kier molecular flexibility index (Phi) is 6.27. The predicted octanol–water partition coefficient (Wildman–Crippen LogP) is 4.34. The summed E-state index contributed by atoms with van der Waals surface area (Å²) in [6.45, 7) is 3.06. The zero-order valence-corrected chi connectivity index (χ0v) is 18.8. The minimum atomic E-state index is -3.73. The van der Waals surface area contributed by atoms with Crippen molar-refractivity contribution >= 4 is 44.0 Å². The first-order valence-corrected chi connectivity index (χ1v) is 12.1. The fourth-order valence-electron chi connectivity index (χ4n) is 4.15. The van der Waals surface area contributed by atoms with Gasteiger partial charge in [-0.15, -0.1) is 0 Å². The smallest absolute Gasteiger partial charge is 0.246 e. The molecule has 2 heterocycles. The molecule has 0 N–H and O–H groups in total. The monoisotopic (exact) mass is 457 g/mol. The quantitative estimate of drug-likeness (QED) is 0.534. The van der Waals surface area contributed by atoms with E-state index in [9.17, 15) is 13.2 Å². The summed E-state index contributed by atoms with van der Waals surface area (Å²) in [7, 11) is -3.73. The molecule has 1 aromatic heterocycles. The second-order valence-electron chi connectivity index (χ2n) is 7.55. The van der Waals surface area contributed by atoms with Gasteiger partial charge in [-0.1, -0.05) is 48.0 Å². The third-order valence-electron chi connectivity index (χ3n) is 5.79. The number of piperidine rings is 1. The number of halogens is 1. The van der Waals surface area contributed by atoms with E-state index >= 15 is 0 Å². The minimum Gasteiger partial charge on any atom is -0.312 e. The Labute approximate surface area is 187 Å². The zero-order valence-electron chi connectivity index (χ0n) is 17.2. The SMILES string of the molecule is CCN(C(=O)C1CCN(S(=O)(=O)c2cccnc2Cl)CC1)c1cccc2ccccc12. The third kappa shape index (κ3) is 4.18. The number of amides is 1. The molecule has 0 saturated carbocycles. The Hall–Kier alpha value is -2.48. The van der Waals surface area contributed by atoms with Gasteiger partial charge in [-0.25, -0.2) is 13.4 Å². The van der Waals surface area contributed by atoms with Gasteiger partial charge in [0.2, 0.25) is 15.9 Å². The van der Waals surface area contributed by atoms with Crippen LogP contribution in [0.1, 0.15) is 19.8 Å². The van der Waals surface area contributed by atoms with E-state index in [1.807, 2.05) is 54.3 Å². The van der Waals surface area contributed by atoms with Gasteiger partial charge in [-0.05, 0) is 43.4 Å². The van der Waals surface area contributed by atoms with Gasteiger partial charge < -0.3 is 4.90 Å². The number of benzene rings is 2. The molecule has 6 nitrogen and oxygen atoms in total. The van der Waals surface area contributed by atoms with Gasteiger partial charge in [0.15, 0.2) is 0 Å². The van der Waals surface area contributed by atoms with E-state index < -0.39 is 10.0 Å². The molecule has 8 heteroatoms. The van der Waals surface area contributed by atoms with E-state index in [1.165, 1.54) is 16.6 Å². The highest BCUT2D eigenvalue weighted by atomic mass is 35.5. The van der Waals surface area contributed by atoms with Gasteiger partial charge in [-0.2, -0.15) is 4.31 Å². The van der Waals surface area contributed by atoms with Crippen molar-refractivity contribution in [2.45, 2.75) is 24.7 Å². The predicted molar refractivity (Wildman–Crippen MR) is 123 cm³/mol. The molecule has 1 aliphatic heterocycles. The van der Waals surface area contributed by atoms with Crippen LogP contribution >= 0.6 is 11.6 Å². The van der Waals surface area contributed by atoms with Crippen molar-refractivity contribution in [2.24, 2.45) is 5.92 Å². The summed E-state index contributed by atoms with van der Waals surface area (Å²) in [5, 5.41) is 2.08. The fraction of sp³-hybridized carbons (Fsp3) is 0.304. The summed E-state index contributed by atoms with van der Waals surface area (Å²) < 4.78 is 27.3. The molecular formula is C23H24ClN3O3S. The Morgan fingerprint density at radius 3 is 2.52 bits per heavy atom. The van der Waals surface area contributed by atoms with Crippen LogP contribution in [0.15, 0.2) is 65.7 Å². The van der Waals surface area contributed by atoms with Crippen LogP contribution in [0.2, 0.25) is 5.15 Å². The largest absolute Gasteiger partial charge is 0.312 e. The van der Waals surface area contributed by atoms with Gasteiger partial charge in [0.25, 0.3) is 0 Å². The third-order valence-corrected chi connectivity index (χ3v) is 8.13. The summed E-state index contributed by atoms with van der Waals surface area (Å²) in [4.78, 5) is 19.1. The summed E-state index contributed by atoms with van der Waals surface area (Å²) in [5.41, 5.74) is 0.891. The maximum atomic E-state index is 13.4. The number of pyridine rings is 1. The lowest BCUT2D eigenvalue weighted by molar-refractivity contribution is -0.123. The van der Waals surface area contributed by atoms with Gasteiger partial charge in [0.1, 0.15) is 10.0 Å². The molecule has 3 aromatic rings. The summed E-state index contributed by atoms with van der Waals surface area (Å²) in [5.74, 6) is -0.190. The highest BCUT2D eigenvalue weighted by Crippen LogP contribution is 2.31. The average Bonchev–Trinajstić information content (AvgIpc) is 2.80. The number of hydrogen-bond donors (Lipinski definition) is 0. The van der Waals surface area contributed by atoms with E-state index in [-0.39, 0.29) is 35.0 Å². The van der Waals surface area contributed by atoms with Crippen LogP contribution in [0.4, 0.5) is 5.69 Å². The lowest BCUT2D eigenvalue weighted by Gasteiger charge is -2.33. The number of carbonyl (C=O) groups is 1. The topological polar surface area (TPSA) is 70.6 Å². The molecule has 0 radical (unpaired) electrons. The molecule has 2 aromatic carbocycles. The maximum absolute atomic E-state index is 13.4. The Bertz CT molecular complexity index is 1200. The second-order valence-corrected chi connectivity index (χ2v) is 9.82. The first-order chi connectivity index (χ1) is 14.9. The molecule has 0 unspecified atom stereocenters. The van der Waals surface area contributed by atoms with Crippen molar-refractivity contribution < 1.29 is 13.2 Å². The highest BCUT2D eigenvalue weighted by molar-refractivity contribution is 7.89. The normalized spacial score (nSPS) is 15.8. The fourth-order valence-corrected chi connectivity index (χ4v) is 6.05. The number of sulfonamides is 1. The molecule has 0 spiro atoms. The molecule has 31 heavy (non-hydrogen) atoms. The van der Waals surface area contributed by atoms with Crippen molar-refractivity contribution in [2.75, 3.05) is 24.5 Å². The molecule has 1 amide bonds. The lowest BCUT2D eigenvalue weighted by atomic mass is 9.95. The van der Waals surface area contributed by atoms with Gasteiger partial charge in [-0.3, -0.25) is 4.79 Å². The van der Waals surface area contributed by atoms with Crippen LogP contribution in [0.25, 0.3) is 10.8 Å². The van der Waals surface area contributed by atoms with Crippen LogP contribution < -0.4 is 4.90 Å². The van der Waals surface area contributed by atoms with Gasteiger partial charge >= 0.3 is 0 Å². The maximum Gasteiger partial charge on any atom is 0.246 e. The first-order valence-electron chi connectivity index (χ1n) is 10.3. The van der Waals surface area contributed by atoms with Gasteiger partial charge in [0, 0.05) is 37.1 Å². The Morgan fingerprint density at radius 1 is 1.10 bits per heavy atom. The first kappa shape index (κ1) is 21.7. The molecule has 1 aliphatic rings. The van der Waals surface area contributed by atoms with Crippen LogP contribution in [-0.2, 0) is 14.8 Å². The molecule has 0 bridgehead atoms. The van der Waals surface area contributed by atoms with E-state index in [4.69, 9.17) is 11.6 Å².